The van der Waals surface area contributed by atoms with Crippen molar-refractivity contribution in [3.05, 3.63) is 0 Å². The molecule has 552 valence electrons. The lowest BCUT2D eigenvalue weighted by molar-refractivity contribution is -0.161. The normalized spacial score (nSPS) is 14.4. The Morgan fingerprint density at radius 1 is 0.312 bits per heavy atom. The van der Waals surface area contributed by atoms with Crippen LogP contribution in [0.15, 0.2) is 0 Å². The quantitative estimate of drug-likeness (QED) is 0.0222. The Bertz CT molecular complexity index is 1820. The van der Waals surface area contributed by atoms with Crippen LogP contribution in [0.3, 0.4) is 0 Å². The van der Waals surface area contributed by atoms with Crippen molar-refractivity contribution in [2.45, 2.75) is 394 Å². The molecule has 0 aromatic heterocycles. The molecule has 0 saturated carbocycles. The number of hydrogen-bond acceptors (Lipinski definition) is 15. The molecule has 0 bridgehead atoms. The zero-order chi connectivity index (χ0) is 68.7. The van der Waals surface area contributed by atoms with Crippen LogP contribution in [0, 0.1) is 17.8 Å². The number of carbonyl (C=O) groups excluding carboxylic acids is 4. The molecular formula is C74H144O17P2. The third-order valence-corrected chi connectivity index (χ3v) is 19.4. The van der Waals surface area contributed by atoms with E-state index in [2.05, 4.69) is 48.5 Å². The molecule has 3 N–H and O–H groups in total. The van der Waals surface area contributed by atoms with Crippen LogP contribution in [-0.2, 0) is 65.4 Å². The van der Waals surface area contributed by atoms with Gasteiger partial charge < -0.3 is 33.8 Å². The molecule has 0 aliphatic heterocycles. The van der Waals surface area contributed by atoms with Crippen molar-refractivity contribution in [2.24, 2.45) is 17.8 Å². The van der Waals surface area contributed by atoms with Crippen LogP contribution >= 0.6 is 15.6 Å². The predicted octanol–water partition coefficient (Wildman–Crippen LogP) is 21.4. The van der Waals surface area contributed by atoms with Gasteiger partial charge >= 0.3 is 39.5 Å². The number of unbranched alkanes of at least 4 members (excludes halogenated alkanes) is 39. The highest BCUT2D eigenvalue weighted by molar-refractivity contribution is 7.47. The van der Waals surface area contributed by atoms with Gasteiger partial charge in [-0.25, -0.2) is 9.13 Å². The molecule has 0 fully saturated rings. The van der Waals surface area contributed by atoms with Gasteiger partial charge in [-0.15, -0.1) is 0 Å². The maximum Gasteiger partial charge on any atom is 0.472 e. The molecule has 0 aliphatic carbocycles. The lowest BCUT2D eigenvalue weighted by atomic mass is 9.99. The van der Waals surface area contributed by atoms with Gasteiger partial charge in [0.05, 0.1) is 26.4 Å². The molecule has 0 saturated heterocycles. The van der Waals surface area contributed by atoms with Crippen molar-refractivity contribution in [1.82, 2.24) is 0 Å². The average molecular weight is 1370 g/mol. The van der Waals surface area contributed by atoms with Crippen molar-refractivity contribution < 1.29 is 80.2 Å². The SMILES string of the molecule is CCCCCCCCCCC(=O)OC[C@H](COP(=O)(O)OC[C@H](O)COP(=O)(O)OC[C@@H](COC(=O)CCCCCCCCCCCCCCC(C)C)OC(=O)CCCCCCCCCCCCCCCC(C)C)OC(=O)CCCCCCCCCCCCC(C)CC. The number of aliphatic hydroxyl groups excluding tert-OH is 1. The van der Waals surface area contributed by atoms with Gasteiger partial charge in [-0.1, -0.05) is 325 Å². The molecule has 19 heteroatoms. The van der Waals surface area contributed by atoms with Crippen molar-refractivity contribution in [2.75, 3.05) is 39.6 Å². The Kier molecular flexibility index (Phi) is 63.4. The highest BCUT2D eigenvalue weighted by Crippen LogP contribution is 2.45. The summed E-state index contributed by atoms with van der Waals surface area (Å²) in [6.45, 7) is 11.9. The highest BCUT2D eigenvalue weighted by atomic mass is 31.2. The number of phosphoric acid groups is 2. The second kappa shape index (κ2) is 64.7. The topological polar surface area (TPSA) is 237 Å². The number of ether oxygens (including phenoxy) is 4. The summed E-state index contributed by atoms with van der Waals surface area (Å²) in [4.78, 5) is 72.7. The van der Waals surface area contributed by atoms with Crippen LogP contribution in [0.1, 0.15) is 376 Å². The minimum Gasteiger partial charge on any atom is -0.462 e. The Labute approximate surface area is 568 Å². The minimum atomic E-state index is -4.96. The molecule has 0 heterocycles. The van der Waals surface area contributed by atoms with Crippen LogP contribution in [-0.4, -0.2) is 96.7 Å². The number of phosphoric ester groups is 2. The van der Waals surface area contributed by atoms with E-state index in [0.717, 1.165) is 114 Å². The summed E-state index contributed by atoms with van der Waals surface area (Å²) in [6.07, 6.45) is 49.8. The Morgan fingerprint density at radius 3 is 0.817 bits per heavy atom. The molecule has 93 heavy (non-hydrogen) atoms. The van der Waals surface area contributed by atoms with Gasteiger partial charge in [-0.2, -0.15) is 0 Å². The second-order valence-electron chi connectivity index (χ2n) is 27.9. The Balaban J connectivity index is 5.23. The fourth-order valence-electron chi connectivity index (χ4n) is 11.2. The first-order chi connectivity index (χ1) is 44.8. The van der Waals surface area contributed by atoms with Gasteiger partial charge in [0.2, 0.25) is 0 Å². The summed E-state index contributed by atoms with van der Waals surface area (Å²) in [6, 6.07) is 0. The number of rotatable bonds is 72. The molecule has 0 aromatic rings. The summed E-state index contributed by atoms with van der Waals surface area (Å²) in [5, 5.41) is 10.6. The monoisotopic (exact) mass is 1370 g/mol. The zero-order valence-electron chi connectivity index (χ0n) is 60.7. The summed E-state index contributed by atoms with van der Waals surface area (Å²) >= 11 is 0. The van der Waals surface area contributed by atoms with Gasteiger partial charge in [-0.3, -0.25) is 37.3 Å². The molecule has 0 aromatic carbocycles. The highest BCUT2D eigenvalue weighted by Gasteiger charge is 2.30. The summed E-state index contributed by atoms with van der Waals surface area (Å²) in [5.41, 5.74) is 0. The van der Waals surface area contributed by atoms with Crippen LogP contribution in [0.5, 0.6) is 0 Å². The molecule has 0 aliphatic rings. The molecule has 0 radical (unpaired) electrons. The van der Waals surface area contributed by atoms with Crippen LogP contribution in [0.25, 0.3) is 0 Å². The van der Waals surface area contributed by atoms with E-state index in [-0.39, 0.29) is 25.7 Å². The zero-order valence-corrected chi connectivity index (χ0v) is 62.5. The second-order valence-corrected chi connectivity index (χ2v) is 30.8. The molecule has 0 rings (SSSR count). The van der Waals surface area contributed by atoms with Crippen LogP contribution in [0.4, 0.5) is 0 Å². The molecule has 0 amide bonds. The third kappa shape index (κ3) is 67.0. The summed E-state index contributed by atoms with van der Waals surface area (Å²) < 4.78 is 68.4. The standard InChI is InChI=1S/C74H144O17P2/c1-8-10-11-12-13-34-41-48-55-71(76)84-61-69(90-74(79)58-51-44-37-30-24-23-27-33-40-47-54-67(7)9-2)63-88-92(80,81)86-59-68(75)60-87-93(82,83)89-64-70(62-85-72(77)56-49-42-35-28-21-18-17-20-26-32-39-46-53-66(5)6)91-73(78)57-50-43-36-29-22-16-14-15-19-25-31-38-45-52-65(3)4/h65-70,75H,8-64H2,1-7H3,(H,80,81)(H,82,83)/t67?,68-,69+,70+/m0/s1. The van der Waals surface area contributed by atoms with Crippen molar-refractivity contribution >= 4 is 39.5 Å². The maximum atomic E-state index is 13.1. The molecule has 0 spiro atoms. The van der Waals surface area contributed by atoms with E-state index < -0.39 is 97.5 Å². The Hall–Kier alpha value is -1.94. The maximum absolute atomic E-state index is 13.1. The fourth-order valence-corrected chi connectivity index (χ4v) is 12.8. The largest absolute Gasteiger partial charge is 0.472 e. The number of esters is 4. The van der Waals surface area contributed by atoms with Crippen LogP contribution < -0.4 is 0 Å². The summed E-state index contributed by atoms with van der Waals surface area (Å²) in [5.74, 6) is 0.250. The summed E-state index contributed by atoms with van der Waals surface area (Å²) in [7, 11) is -9.91. The van der Waals surface area contributed by atoms with Crippen molar-refractivity contribution in [1.29, 1.82) is 0 Å². The van der Waals surface area contributed by atoms with E-state index in [0.29, 0.717) is 25.7 Å². The molecular weight excluding hydrogens is 1220 g/mol. The van der Waals surface area contributed by atoms with E-state index in [1.54, 1.807) is 0 Å². The first kappa shape index (κ1) is 91.1. The molecule has 3 unspecified atom stereocenters. The number of carbonyl (C=O) groups is 4. The van der Waals surface area contributed by atoms with Gasteiger partial charge in [0.15, 0.2) is 12.2 Å². The van der Waals surface area contributed by atoms with E-state index in [4.69, 9.17) is 37.0 Å². The van der Waals surface area contributed by atoms with E-state index in [9.17, 15) is 43.2 Å². The van der Waals surface area contributed by atoms with Crippen molar-refractivity contribution in [3.8, 4) is 0 Å². The predicted molar refractivity (Wildman–Crippen MR) is 377 cm³/mol. The van der Waals surface area contributed by atoms with Crippen molar-refractivity contribution in [3.63, 3.8) is 0 Å². The molecule has 6 atom stereocenters. The van der Waals surface area contributed by atoms with Gasteiger partial charge in [-0.05, 0) is 43.4 Å². The Morgan fingerprint density at radius 2 is 0.548 bits per heavy atom. The van der Waals surface area contributed by atoms with E-state index in [1.807, 2.05) is 0 Å². The molecule has 17 nitrogen and oxygen atoms in total. The minimum absolute atomic E-state index is 0.106. The van der Waals surface area contributed by atoms with Gasteiger partial charge in [0.25, 0.3) is 0 Å². The fraction of sp³-hybridized carbons (Fsp3) is 0.946. The van der Waals surface area contributed by atoms with Gasteiger partial charge in [0.1, 0.15) is 19.3 Å². The number of aliphatic hydroxyl groups is 1. The third-order valence-electron chi connectivity index (χ3n) is 17.5. The first-order valence-electron chi connectivity index (χ1n) is 38.4. The number of hydrogen-bond donors (Lipinski definition) is 3. The first-order valence-corrected chi connectivity index (χ1v) is 41.4. The van der Waals surface area contributed by atoms with Crippen LogP contribution in [0.2, 0.25) is 0 Å². The average Bonchev–Trinajstić information content (AvgIpc) is 2.20. The lowest BCUT2D eigenvalue weighted by Crippen LogP contribution is -2.30. The van der Waals surface area contributed by atoms with Gasteiger partial charge in [0, 0.05) is 25.7 Å². The smallest absolute Gasteiger partial charge is 0.462 e. The van der Waals surface area contributed by atoms with E-state index in [1.165, 1.54) is 180 Å². The van der Waals surface area contributed by atoms with E-state index >= 15 is 0 Å². The lowest BCUT2D eigenvalue weighted by Gasteiger charge is -2.21.